The molecular weight excluding hydrogens is 434 g/mol. The quantitative estimate of drug-likeness (QED) is 0.527. The summed E-state index contributed by atoms with van der Waals surface area (Å²) >= 11 is 7.13. The largest absolute Gasteiger partial charge is 0.457 e. The molecule has 2 N–H and O–H groups in total. The highest BCUT2D eigenvalue weighted by molar-refractivity contribution is 8.15. The van der Waals surface area contributed by atoms with Gasteiger partial charge in [0.25, 0.3) is 0 Å². The van der Waals surface area contributed by atoms with E-state index in [2.05, 4.69) is 15.6 Å². The molecule has 1 heterocycles. The first-order chi connectivity index (χ1) is 15.0. The van der Waals surface area contributed by atoms with Gasteiger partial charge in [0.05, 0.1) is 5.69 Å². The Balaban J connectivity index is 1.31. The minimum atomic E-state index is -0.519. The summed E-state index contributed by atoms with van der Waals surface area (Å²) in [6.45, 7) is 0. The number of thioether (sulfide) groups is 1. The fraction of sp³-hybridized carbons (Fsp3) is 0.0870. The fourth-order valence-corrected chi connectivity index (χ4v) is 3.95. The van der Waals surface area contributed by atoms with Crippen molar-refractivity contribution in [3.8, 4) is 11.5 Å². The molecule has 0 spiro atoms. The molecule has 1 fully saturated rings. The molecule has 4 rings (SSSR count). The summed E-state index contributed by atoms with van der Waals surface area (Å²) in [7, 11) is 0. The number of hydrogen-bond donors (Lipinski definition) is 2. The second-order valence-corrected chi connectivity index (χ2v) is 8.31. The summed E-state index contributed by atoms with van der Waals surface area (Å²) < 4.78 is 5.73. The lowest BCUT2D eigenvalue weighted by Gasteiger charge is -2.09. The van der Waals surface area contributed by atoms with Crippen LogP contribution >= 0.6 is 23.4 Å². The van der Waals surface area contributed by atoms with Crippen LogP contribution in [0, 0.1) is 0 Å². The highest BCUT2D eigenvalue weighted by Gasteiger charge is 2.32. The van der Waals surface area contributed by atoms with E-state index in [1.54, 1.807) is 48.5 Å². The van der Waals surface area contributed by atoms with E-state index in [1.807, 2.05) is 30.3 Å². The van der Waals surface area contributed by atoms with Crippen molar-refractivity contribution < 1.29 is 14.3 Å². The molecule has 1 aliphatic heterocycles. The molecule has 1 unspecified atom stereocenters. The summed E-state index contributed by atoms with van der Waals surface area (Å²) in [6, 6.07) is 23.4. The normalized spacial score (nSPS) is 16.7. The minimum Gasteiger partial charge on any atom is -0.457 e. The minimum absolute atomic E-state index is 0.0489. The Kier molecular flexibility index (Phi) is 6.54. The predicted molar refractivity (Wildman–Crippen MR) is 124 cm³/mol. The molecule has 31 heavy (non-hydrogen) atoms. The Labute approximate surface area is 188 Å². The first-order valence-electron chi connectivity index (χ1n) is 9.50. The van der Waals surface area contributed by atoms with Crippen molar-refractivity contribution in [2.24, 2.45) is 4.99 Å². The number of halogens is 1. The van der Waals surface area contributed by atoms with Gasteiger partial charge in [0.2, 0.25) is 11.8 Å². The van der Waals surface area contributed by atoms with Crippen LogP contribution in [0.25, 0.3) is 0 Å². The highest BCUT2D eigenvalue weighted by Crippen LogP contribution is 2.27. The van der Waals surface area contributed by atoms with Gasteiger partial charge in [0.1, 0.15) is 16.7 Å². The van der Waals surface area contributed by atoms with Gasteiger partial charge < -0.3 is 15.4 Å². The monoisotopic (exact) mass is 451 g/mol. The van der Waals surface area contributed by atoms with Crippen LogP contribution in [0.1, 0.15) is 6.42 Å². The number of amidine groups is 1. The van der Waals surface area contributed by atoms with Gasteiger partial charge in [-0.05, 0) is 60.7 Å². The smallest absolute Gasteiger partial charge is 0.240 e. The van der Waals surface area contributed by atoms with Gasteiger partial charge in [0.15, 0.2) is 5.17 Å². The number of rotatable bonds is 6. The number of anilines is 1. The summed E-state index contributed by atoms with van der Waals surface area (Å²) in [4.78, 5) is 29.0. The van der Waals surface area contributed by atoms with Crippen molar-refractivity contribution in [1.29, 1.82) is 0 Å². The third kappa shape index (κ3) is 5.87. The number of benzene rings is 3. The standard InChI is InChI=1S/C23H18ClN3O3S/c24-15-6-10-18(11-7-15)30-19-12-8-17(9-13-19)25-21(28)14-20-22(29)27-23(31-20)26-16-4-2-1-3-5-16/h1-13,20H,14H2,(H,25,28)(H,26,27,29). The number of carbonyl (C=O) groups is 2. The zero-order valence-corrected chi connectivity index (χ0v) is 17.8. The lowest BCUT2D eigenvalue weighted by Crippen LogP contribution is -2.28. The third-order valence-electron chi connectivity index (χ3n) is 4.32. The van der Waals surface area contributed by atoms with Crippen LogP contribution in [0.5, 0.6) is 11.5 Å². The van der Waals surface area contributed by atoms with Crippen LogP contribution < -0.4 is 15.4 Å². The van der Waals surface area contributed by atoms with E-state index in [0.717, 1.165) is 5.69 Å². The van der Waals surface area contributed by atoms with Gasteiger partial charge in [-0.25, -0.2) is 4.99 Å². The number of amides is 2. The molecule has 1 aliphatic rings. The van der Waals surface area contributed by atoms with Crippen molar-refractivity contribution in [3.05, 3.63) is 83.9 Å². The second kappa shape index (κ2) is 9.68. The van der Waals surface area contributed by atoms with Gasteiger partial charge >= 0.3 is 0 Å². The average Bonchev–Trinajstić information content (AvgIpc) is 3.10. The SMILES string of the molecule is O=C(CC1SC(=Nc2ccccc2)NC1=O)Nc1ccc(Oc2ccc(Cl)cc2)cc1. The van der Waals surface area contributed by atoms with Crippen molar-refractivity contribution in [3.63, 3.8) is 0 Å². The number of aliphatic imine (C=N–C) groups is 1. The van der Waals surface area contributed by atoms with E-state index in [4.69, 9.17) is 16.3 Å². The van der Waals surface area contributed by atoms with Crippen LogP contribution in [-0.2, 0) is 9.59 Å². The zero-order chi connectivity index (χ0) is 21.6. The van der Waals surface area contributed by atoms with Crippen LogP contribution in [0.3, 0.4) is 0 Å². The van der Waals surface area contributed by atoms with Gasteiger partial charge in [0, 0.05) is 17.1 Å². The maximum absolute atomic E-state index is 12.4. The number of carbonyl (C=O) groups excluding carboxylic acids is 2. The molecule has 3 aromatic carbocycles. The molecule has 0 radical (unpaired) electrons. The van der Waals surface area contributed by atoms with Crippen LogP contribution in [0.2, 0.25) is 5.02 Å². The maximum atomic E-state index is 12.4. The van der Waals surface area contributed by atoms with Gasteiger partial charge in [-0.3, -0.25) is 9.59 Å². The van der Waals surface area contributed by atoms with Gasteiger partial charge in [-0.2, -0.15) is 0 Å². The molecule has 6 nitrogen and oxygen atoms in total. The van der Waals surface area contributed by atoms with Crippen LogP contribution in [-0.4, -0.2) is 22.2 Å². The van der Waals surface area contributed by atoms with Crippen LogP contribution in [0.4, 0.5) is 11.4 Å². The molecule has 0 bridgehead atoms. The molecule has 1 atom stereocenters. The lowest BCUT2D eigenvalue weighted by atomic mass is 10.2. The average molecular weight is 452 g/mol. The predicted octanol–water partition coefficient (Wildman–Crippen LogP) is 5.38. The van der Waals surface area contributed by atoms with E-state index in [0.29, 0.717) is 27.4 Å². The van der Waals surface area contributed by atoms with Gasteiger partial charge in [-0.15, -0.1) is 0 Å². The number of ether oxygens (including phenoxy) is 1. The molecule has 0 aromatic heterocycles. The number of para-hydroxylation sites is 1. The summed E-state index contributed by atoms with van der Waals surface area (Å²) in [6.07, 6.45) is 0.0489. The van der Waals surface area contributed by atoms with E-state index in [1.165, 1.54) is 11.8 Å². The first kappa shape index (κ1) is 21.0. The van der Waals surface area contributed by atoms with Crippen molar-refractivity contribution >= 4 is 51.7 Å². The van der Waals surface area contributed by atoms with E-state index < -0.39 is 5.25 Å². The molecule has 3 aromatic rings. The summed E-state index contributed by atoms with van der Waals surface area (Å²) in [5.74, 6) is 0.827. The van der Waals surface area contributed by atoms with E-state index >= 15 is 0 Å². The molecule has 8 heteroatoms. The number of nitrogens with one attached hydrogen (secondary N) is 2. The van der Waals surface area contributed by atoms with Crippen molar-refractivity contribution in [1.82, 2.24) is 5.32 Å². The Bertz CT molecular complexity index is 1100. The Morgan fingerprint density at radius 2 is 1.65 bits per heavy atom. The van der Waals surface area contributed by atoms with Gasteiger partial charge in [-0.1, -0.05) is 41.6 Å². The molecule has 2 amide bonds. The molecule has 0 saturated carbocycles. The summed E-state index contributed by atoms with van der Waals surface area (Å²) in [5, 5.41) is 6.15. The fourth-order valence-electron chi connectivity index (χ4n) is 2.84. The van der Waals surface area contributed by atoms with E-state index in [9.17, 15) is 9.59 Å². The topological polar surface area (TPSA) is 79.8 Å². The molecule has 1 saturated heterocycles. The first-order valence-corrected chi connectivity index (χ1v) is 10.8. The van der Waals surface area contributed by atoms with E-state index in [-0.39, 0.29) is 18.2 Å². The van der Waals surface area contributed by atoms with Crippen molar-refractivity contribution in [2.45, 2.75) is 11.7 Å². The third-order valence-corrected chi connectivity index (χ3v) is 5.66. The van der Waals surface area contributed by atoms with Crippen molar-refractivity contribution in [2.75, 3.05) is 5.32 Å². The summed E-state index contributed by atoms with van der Waals surface area (Å²) in [5.41, 5.74) is 1.37. The Hall–Kier alpha value is -3.29. The molecule has 156 valence electrons. The lowest BCUT2D eigenvalue weighted by molar-refractivity contribution is -0.122. The zero-order valence-electron chi connectivity index (χ0n) is 16.2. The molecular formula is C23H18ClN3O3S. The number of hydrogen-bond acceptors (Lipinski definition) is 5. The second-order valence-electron chi connectivity index (χ2n) is 6.68. The molecule has 0 aliphatic carbocycles. The number of nitrogens with zero attached hydrogens (tertiary/aromatic N) is 1. The highest BCUT2D eigenvalue weighted by atomic mass is 35.5. The van der Waals surface area contributed by atoms with Crippen LogP contribution in [0.15, 0.2) is 83.9 Å². The Morgan fingerprint density at radius 1 is 1.00 bits per heavy atom. The maximum Gasteiger partial charge on any atom is 0.240 e. The Morgan fingerprint density at radius 3 is 2.32 bits per heavy atom.